The van der Waals surface area contributed by atoms with E-state index in [4.69, 9.17) is 4.74 Å². The monoisotopic (exact) mass is 445 g/mol. The van der Waals surface area contributed by atoms with Gasteiger partial charge in [0.05, 0.1) is 28.5 Å². The van der Waals surface area contributed by atoms with E-state index in [2.05, 4.69) is 10.4 Å². The first-order valence-corrected chi connectivity index (χ1v) is 11.2. The predicted octanol–water partition coefficient (Wildman–Crippen LogP) is 4.92. The summed E-state index contributed by atoms with van der Waals surface area (Å²) in [6, 6.07) is 23.8. The Hall–Kier alpha value is -3.58. The van der Waals surface area contributed by atoms with E-state index >= 15 is 0 Å². The van der Waals surface area contributed by atoms with Crippen LogP contribution in [0.15, 0.2) is 77.7 Å². The van der Waals surface area contributed by atoms with Crippen molar-refractivity contribution in [2.75, 3.05) is 17.7 Å². The van der Waals surface area contributed by atoms with Gasteiger partial charge < -0.3 is 10.1 Å². The third-order valence-corrected chi connectivity index (χ3v) is 5.97. The van der Waals surface area contributed by atoms with Crippen LogP contribution < -0.4 is 5.32 Å². The summed E-state index contributed by atoms with van der Waals surface area (Å²) in [5.41, 5.74) is 3.03. The first kappa shape index (κ1) is 21.6. The Morgan fingerprint density at radius 3 is 2.47 bits per heavy atom. The Morgan fingerprint density at radius 2 is 1.69 bits per heavy atom. The van der Waals surface area contributed by atoms with Gasteiger partial charge >= 0.3 is 5.97 Å². The average Bonchev–Trinajstić information content (AvgIpc) is 3.10. The van der Waals surface area contributed by atoms with Crippen LogP contribution in [-0.4, -0.2) is 34.0 Å². The van der Waals surface area contributed by atoms with Crippen LogP contribution in [-0.2, 0) is 14.3 Å². The number of nitrogens with one attached hydrogen (secondary N) is 1. The molecule has 1 N–H and O–H groups in total. The van der Waals surface area contributed by atoms with E-state index < -0.39 is 11.9 Å². The van der Waals surface area contributed by atoms with Gasteiger partial charge in [0.25, 0.3) is 5.91 Å². The molecule has 0 radical (unpaired) electrons. The van der Waals surface area contributed by atoms with Gasteiger partial charge in [-0.1, -0.05) is 48.5 Å². The summed E-state index contributed by atoms with van der Waals surface area (Å²) in [5, 5.41) is 9.58. The molecule has 0 fully saturated rings. The lowest BCUT2D eigenvalue weighted by atomic mass is 10.1. The molecule has 0 unspecified atom stereocenters. The summed E-state index contributed by atoms with van der Waals surface area (Å²) in [5.74, 6) is -0.699. The molecule has 0 spiro atoms. The Morgan fingerprint density at radius 1 is 0.969 bits per heavy atom. The highest BCUT2D eigenvalue weighted by Gasteiger charge is 2.16. The van der Waals surface area contributed by atoms with Crippen molar-refractivity contribution in [1.82, 2.24) is 9.78 Å². The number of carbonyl (C=O) groups excluding carboxylic acids is 2. The third kappa shape index (κ3) is 5.00. The molecule has 4 rings (SSSR count). The highest BCUT2D eigenvalue weighted by atomic mass is 32.2. The molecule has 0 saturated carbocycles. The number of fused-ring (bicyclic) bond motifs is 1. The van der Waals surface area contributed by atoms with Gasteiger partial charge in [0, 0.05) is 4.90 Å². The largest absolute Gasteiger partial charge is 0.455 e. The molecule has 6 nitrogen and oxygen atoms in total. The molecule has 162 valence electrons. The maximum atomic E-state index is 12.4. The lowest BCUT2D eigenvalue weighted by molar-refractivity contribution is -0.144. The van der Waals surface area contributed by atoms with Crippen molar-refractivity contribution in [3.63, 3.8) is 0 Å². The maximum absolute atomic E-state index is 12.4. The summed E-state index contributed by atoms with van der Waals surface area (Å²) in [7, 11) is 0. The van der Waals surface area contributed by atoms with Gasteiger partial charge in [-0.3, -0.25) is 9.59 Å². The number of ether oxygens (including phenoxy) is 1. The first-order valence-electron chi connectivity index (χ1n) is 10.2. The number of para-hydroxylation sites is 1. The maximum Gasteiger partial charge on any atom is 0.316 e. The van der Waals surface area contributed by atoms with Crippen molar-refractivity contribution in [3.05, 3.63) is 84.2 Å². The summed E-state index contributed by atoms with van der Waals surface area (Å²) < 4.78 is 6.93. The lowest BCUT2D eigenvalue weighted by Crippen LogP contribution is -2.22. The molecule has 1 amide bonds. The zero-order chi connectivity index (χ0) is 22.5. The number of hydrogen-bond donors (Lipinski definition) is 1. The molecule has 0 aliphatic heterocycles. The van der Waals surface area contributed by atoms with Crippen LogP contribution in [0.25, 0.3) is 16.5 Å². The minimum Gasteiger partial charge on any atom is -0.455 e. The molecule has 0 atom stereocenters. The molecular weight excluding hydrogens is 422 g/mol. The fraction of sp³-hybridized carbons (Fsp3) is 0.160. The molecule has 4 aromatic rings. The number of aromatic nitrogens is 2. The molecule has 32 heavy (non-hydrogen) atoms. The van der Waals surface area contributed by atoms with Crippen molar-refractivity contribution in [2.45, 2.75) is 18.7 Å². The molecule has 0 aliphatic rings. The zero-order valence-electron chi connectivity index (χ0n) is 17.9. The minimum atomic E-state index is -0.438. The topological polar surface area (TPSA) is 73.2 Å². The normalized spacial score (nSPS) is 10.8. The van der Waals surface area contributed by atoms with Crippen LogP contribution in [0.3, 0.4) is 0 Å². The SMILES string of the molecule is Cc1nn(-c2ccccc2)c(C)c1NC(=O)COC(=O)CSc1ccc2ccccc2c1. The van der Waals surface area contributed by atoms with Gasteiger partial charge in [-0.2, -0.15) is 5.10 Å². The van der Waals surface area contributed by atoms with Gasteiger partial charge in [0.1, 0.15) is 0 Å². The highest BCUT2D eigenvalue weighted by Crippen LogP contribution is 2.24. The fourth-order valence-electron chi connectivity index (χ4n) is 3.41. The van der Waals surface area contributed by atoms with Gasteiger partial charge in [-0.25, -0.2) is 4.68 Å². The van der Waals surface area contributed by atoms with Crippen LogP contribution in [0.5, 0.6) is 0 Å². The summed E-state index contributed by atoms with van der Waals surface area (Å²) in [6.07, 6.45) is 0. The number of esters is 1. The number of anilines is 1. The second-order valence-electron chi connectivity index (χ2n) is 7.30. The number of hydrogen-bond acceptors (Lipinski definition) is 5. The van der Waals surface area contributed by atoms with E-state index in [0.717, 1.165) is 27.0 Å². The van der Waals surface area contributed by atoms with Gasteiger partial charge in [-0.05, 0) is 48.9 Å². The molecule has 0 aliphatic carbocycles. The van der Waals surface area contributed by atoms with Crippen LogP contribution in [0.4, 0.5) is 5.69 Å². The number of amides is 1. The second-order valence-corrected chi connectivity index (χ2v) is 8.35. The first-order chi connectivity index (χ1) is 15.5. The minimum absolute atomic E-state index is 0.135. The van der Waals surface area contributed by atoms with Gasteiger partial charge in [0.15, 0.2) is 6.61 Å². The Bertz CT molecular complexity index is 1270. The fourth-order valence-corrected chi connectivity index (χ4v) is 4.15. The Balaban J connectivity index is 1.30. The van der Waals surface area contributed by atoms with Gasteiger partial charge in [0.2, 0.25) is 0 Å². The molecule has 0 bridgehead atoms. The number of nitrogens with zero attached hydrogens (tertiary/aromatic N) is 2. The predicted molar refractivity (Wildman–Crippen MR) is 127 cm³/mol. The molecule has 0 saturated heterocycles. The molecule has 1 heterocycles. The van der Waals surface area contributed by atoms with Crippen LogP contribution in [0.2, 0.25) is 0 Å². The molecular formula is C25H23N3O3S. The van der Waals surface area contributed by atoms with Crippen LogP contribution in [0, 0.1) is 13.8 Å². The van der Waals surface area contributed by atoms with Crippen molar-refractivity contribution >= 4 is 40.1 Å². The average molecular weight is 446 g/mol. The van der Waals surface area contributed by atoms with Crippen molar-refractivity contribution in [3.8, 4) is 5.69 Å². The summed E-state index contributed by atoms with van der Waals surface area (Å²) in [4.78, 5) is 25.5. The zero-order valence-corrected chi connectivity index (χ0v) is 18.7. The summed E-state index contributed by atoms with van der Waals surface area (Å²) >= 11 is 1.39. The van der Waals surface area contributed by atoms with Crippen molar-refractivity contribution in [1.29, 1.82) is 0 Å². The van der Waals surface area contributed by atoms with E-state index in [0.29, 0.717) is 11.4 Å². The van der Waals surface area contributed by atoms with Crippen molar-refractivity contribution in [2.24, 2.45) is 0 Å². The van der Waals surface area contributed by atoms with Crippen molar-refractivity contribution < 1.29 is 14.3 Å². The summed E-state index contributed by atoms with van der Waals surface area (Å²) in [6.45, 7) is 3.37. The number of rotatable bonds is 7. The Kier molecular flexibility index (Phi) is 6.56. The smallest absolute Gasteiger partial charge is 0.316 e. The van der Waals surface area contributed by atoms with E-state index in [1.54, 1.807) is 4.68 Å². The molecule has 3 aromatic carbocycles. The lowest BCUT2D eigenvalue weighted by Gasteiger charge is -2.08. The number of carbonyl (C=O) groups is 2. The van der Waals surface area contributed by atoms with Crippen LogP contribution in [0.1, 0.15) is 11.4 Å². The van der Waals surface area contributed by atoms with E-state index in [9.17, 15) is 9.59 Å². The Labute approximate surface area is 190 Å². The van der Waals surface area contributed by atoms with E-state index in [1.165, 1.54) is 11.8 Å². The number of aryl methyl sites for hydroxylation is 1. The number of thioether (sulfide) groups is 1. The van der Waals surface area contributed by atoms with Crippen LogP contribution >= 0.6 is 11.8 Å². The van der Waals surface area contributed by atoms with E-state index in [-0.39, 0.29) is 12.4 Å². The molecule has 7 heteroatoms. The standard InChI is InChI=1S/C25H23N3O3S/c1-17-25(18(2)28(27-17)21-10-4-3-5-11-21)26-23(29)15-31-24(30)16-32-22-13-12-19-8-6-7-9-20(19)14-22/h3-14H,15-16H2,1-2H3,(H,26,29). The highest BCUT2D eigenvalue weighted by molar-refractivity contribution is 8.00. The molecule has 1 aromatic heterocycles. The quantitative estimate of drug-likeness (QED) is 0.323. The van der Waals surface area contributed by atoms with E-state index in [1.807, 2.05) is 86.6 Å². The number of benzene rings is 3. The third-order valence-electron chi connectivity index (χ3n) is 5.00. The van der Waals surface area contributed by atoms with Gasteiger partial charge in [-0.15, -0.1) is 11.8 Å². The second kappa shape index (κ2) is 9.70.